The number of rotatable bonds is 4. The van der Waals surface area contributed by atoms with Crippen molar-refractivity contribution in [3.63, 3.8) is 0 Å². The Bertz CT molecular complexity index is 480. The number of aliphatic hydroxyl groups is 1. The maximum absolute atomic E-state index is 9.84. The molecule has 0 bridgehead atoms. The Hall–Kier alpha value is -1.67. The minimum Gasteiger partial charge on any atom is -0.393 e. The van der Waals surface area contributed by atoms with Crippen LogP contribution >= 0.6 is 0 Å². The highest BCUT2D eigenvalue weighted by molar-refractivity contribution is 5.42. The number of nitrogens with two attached hydrogens (primary N) is 1. The molecule has 1 aromatic rings. The van der Waals surface area contributed by atoms with Gasteiger partial charge in [0.2, 0.25) is 17.8 Å². The topological polar surface area (TPSA) is 109 Å². The lowest BCUT2D eigenvalue weighted by Gasteiger charge is -2.27. The quantitative estimate of drug-likeness (QED) is 0.704. The number of hydrogen-bond acceptors (Lipinski definition) is 8. The van der Waals surface area contributed by atoms with Crippen LogP contribution in [-0.2, 0) is 4.74 Å². The van der Waals surface area contributed by atoms with Gasteiger partial charge < -0.3 is 25.8 Å². The van der Waals surface area contributed by atoms with Gasteiger partial charge in [0, 0.05) is 25.6 Å². The summed E-state index contributed by atoms with van der Waals surface area (Å²) >= 11 is 0. The Kier molecular flexibility index (Phi) is 4.35. The molecule has 2 unspecified atom stereocenters. The van der Waals surface area contributed by atoms with Crippen LogP contribution < -0.4 is 16.0 Å². The first-order valence-corrected chi connectivity index (χ1v) is 7.48. The molecule has 1 aliphatic carbocycles. The van der Waals surface area contributed by atoms with Crippen molar-refractivity contribution < 1.29 is 9.84 Å². The summed E-state index contributed by atoms with van der Waals surface area (Å²) in [5.41, 5.74) is 5.77. The fourth-order valence-corrected chi connectivity index (χ4v) is 2.84. The maximum atomic E-state index is 9.84. The van der Waals surface area contributed by atoms with Crippen molar-refractivity contribution in [3.8, 4) is 0 Å². The van der Waals surface area contributed by atoms with Crippen molar-refractivity contribution in [2.24, 2.45) is 5.92 Å². The van der Waals surface area contributed by atoms with Crippen LogP contribution in [0.25, 0.3) is 0 Å². The van der Waals surface area contributed by atoms with Crippen molar-refractivity contribution >= 4 is 17.8 Å². The molecule has 0 spiro atoms. The molecule has 1 saturated carbocycles. The highest BCUT2D eigenvalue weighted by Crippen LogP contribution is 2.25. The minimum absolute atomic E-state index is 0.209. The molecule has 4 N–H and O–H groups in total. The third-order valence-corrected chi connectivity index (χ3v) is 4.08. The fourth-order valence-electron chi connectivity index (χ4n) is 2.84. The largest absolute Gasteiger partial charge is 0.393 e. The number of ether oxygens (including phenoxy) is 1. The second-order valence-electron chi connectivity index (χ2n) is 5.56. The summed E-state index contributed by atoms with van der Waals surface area (Å²) in [6.45, 7) is 3.51. The van der Waals surface area contributed by atoms with E-state index in [4.69, 9.17) is 10.5 Å². The van der Waals surface area contributed by atoms with Crippen LogP contribution in [0, 0.1) is 5.92 Å². The van der Waals surface area contributed by atoms with E-state index in [2.05, 4.69) is 20.3 Å². The first kappa shape index (κ1) is 14.3. The van der Waals surface area contributed by atoms with E-state index < -0.39 is 0 Å². The Morgan fingerprint density at radius 3 is 2.76 bits per heavy atom. The van der Waals surface area contributed by atoms with Crippen molar-refractivity contribution in [1.82, 2.24) is 15.0 Å². The second kappa shape index (κ2) is 6.40. The minimum atomic E-state index is -0.226. The molecular formula is C13H22N6O2. The molecule has 1 aliphatic heterocycles. The molecule has 1 saturated heterocycles. The van der Waals surface area contributed by atoms with Gasteiger partial charge in [0.25, 0.3) is 0 Å². The Labute approximate surface area is 123 Å². The number of aliphatic hydroxyl groups excluding tert-OH is 1. The van der Waals surface area contributed by atoms with Crippen LogP contribution in [0.1, 0.15) is 19.3 Å². The van der Waals surface area contributed by atoms with Gasteiger partial charge >= 0.3 is 0 Å². The summed E-state index contributed by atoms with van der Waals surface area (Å²) in [5.74, 6) is 1.53. The molecule has 0 aromatic carbocycles. The normalized spacial score (nSPS) is 26.0. The molecule has 2 aliphatic rings. The lowest BCUT2D eigenvalue weighted by molar-refractivity contribution is 0.122. The molecule has 2 atom stereocenters. The zero-order chi connectivity index (χ0) is 14.7. The molecule has 1 aromatic heterocycles. The summed E-state index contributed by atoms with van der Waals surface area (Å²) in [6, 6.07) is 0. The fraction of sp³-hybridized carbons (Fsp3) is 0.769. The van der Waals surface area contributed by atoms with E-state index in [0.29, 0.717) is 31.7 Å². The lowest BCUT2D eigenvalue weighted by Crippen LogP contribution is -2.37. The molecule has 116 valence electrons. The van der Waals surface area contributed by atoms with E-state index >= 15 is 0 Å². The number of nitrogen functional groups attached to an aromatic ring is 1. The summed E-state index contributed by atoms with van der Waals surface area (Å²) in [4.78, 5) is 14.8. The smallest absolute Gasteiger partial charge is 0.232 e. The van der Waals surface area contributed by atoms with Crippen LogP contribution in [-0.4, -0.2) is 59.0 Å². The lowest BCUT2D eigenvalue weighted by atomic mass is 10.1. The van der Waals surface area contributed by atoms with Gasteiger partial charge in [-0.3, -0.25) is 0 Å². The maximum Gasteiger partial charge on any atom is 0.232 e. The Morgan fingerprint density at radius 1 is 1.24 bits per heavy atom. The molecule has 3 rings (SSSR count). The van der Waals surface area contributed by atoms with Gasteiger partial charge in [0.1, 0.15) is 0 Å². The molecule has 2 fully saturated rings. The van der Waals surface area contributed by atoms with Crippen molar-refractivity contribution in [3.05, 3.63) is 0 Å². The van der Waals surface area contributed by atoms with E-state index in [-0.39, 0.29) is 18.0 Å². The third-order valence-electron chi connectivity index (χ3n) is 4.08. The zero-order valence-corrected chi connectivity index (χ0v) is 12.0. The molecule has 2 heterocycles. The van der Waals surface area contributed by atoms with Gasteiger partial charge in [0.05, 0.1) is 19.3 Å². The zero-order valence-electron chi connectivity index (χ0n) is 12.0. The van der Waals surface area contributed by atoms with Crippen molar-refractivity contribution in [1.29, 1.82) is 0 Å². The summed E-state index contributed by atoms with van der Waals surface area (Å²) in [6.07, 6.45) is 2.76. The number of nitrogens with one attached hydrogen (secondary N) is 1. The summed E-state index contributed by atoms with van der Waals surface area (Å²) in [5, 5.41) is 13.0. The van der Waals surface area contributed by atoms with Crippen molar-refractivity contribution in [2.45, 2.75) is 25.4 Å². The third kappa shape index (κ3) is 3.51. The SMILES string of the molecule is Nc1nc(NCC2CCCC2O)nc(N2CCOCC2)n1. The van der Waals surface area contributed by atoms with Gasteiger partial charge in [-0.2, -0.15) is 15.0 Å². The van der Waals surface area contributed by atoms with E-state index in [1.807, 2.05) is 4.90 Å². The van der Waals surface area contributed by atoms with E-state index in [9.17, 15) is 5.11 Å². The van der Waals surface area contributed by atoms with Crippen LogP contribution in [0.4, 0.5) is 17.8 Å². The number of aromatic nitrogens is 3. The highest BCUT2D eigenvalue weighted by Gasteiger charge is 2.25. The number of morpholine rings is 1. The molecular weight excluding hydrogens is 272 g/mol. The van der Waals surface area contributed by atoms with Gasteiger partial charge in [-0.05, 0) is 12.8 Å². The van der Waals surface area contributed by atoms with Gasteiger partial charge in [-0.25, -0.2) is 0 Å². The summed E-state index contributed by atoms with van der Waals surface area (Å²) < 4.78 is 5.32. The average molecular weight is 294 g/mol. The van der Waals surface area contributed by atoms with E-state index in [1.165, 1.54) is 0 Å². The standard InChI is InChI=1S/C13H22N6O2/c14-11-16-12(15-8-9-2-1-3-10(9)20)18-13(17-11)19-4-6-21-7-5-19/h9-10,20H,1-8H2,(H3,14,15,16,17,18). The van der Waals surface area contributed by atoms with Gasteiger partial charge in [0.15, 0.2) is 0 Å². The summed E-state index contributed by atoms with van der Waals surface area (Å²) in [7, 11) is 0. The van der Waals surface area contributed by atoms with Gasteiger partial charge in [-0.1, -0.05) is 6.42 Å². The van der Waals surface area contributed by atoms with Crippen LogP contribution in [0.3, 0.4) is 0 Å². The first-order valence-electron chi connectivity index (χ1n) is 7.48. The first-order chi connectivity index (χ1) is 10.2. The Morgan fingerprint density at radius 2 is 2.05 bits per heavy atom. The monoisotopic (exact) mass is 294 g/mol. The number of hydrogen-bond donors (Lipinski definition) is 3. The van der Waals surface area contributed by atoms with Crippen LogP contribution in [0.5, 0.6) is 0 Å². The van der Waals surface area contributed by atoms with E-state index in [1.54, 1.807) is 0 Å². The highest BCUT2D eigenvalue weighted by atomic mass is 16.5. The Balaban J connectivity index is 1.65. The second-order valence-corrected chi connectivity index (χ2v) is 5.56. The van der Waals surface area contributed by atoms with E-state index in [0.717, 1.165) is 32.4 Å². The van der Waals surface area contributed by atoms with Crippen molar-refractivity contribution in [2.75, 3.05) is 48.8 Å². The average Bonchev–Trinajstić information content (AvgIpc) is 2.91. The predicted molar refractivity (Wildman–Crippen MR) is 79.1 cm³/mol. The van der Waals surface area contributed by atoms with Crippen LogP contribution in [0.15, 0.2) is 0 Å². The van der Waals surface area contributed by atoms with Crippen LogP contribution in [0.2, 0.25) is 0 Å². The molecule has 21 heavy (non-hydrogen) atoms. The molecule has 0 radical (unpaired) electrons. The number of nitrogens with zero attached hydrogens (tertiary/aromatic N) is 4. The molecule has 8 heteroatoms. The predicted octanol–water partition coefficient (Wildman–Crippen LogP) is -0.137. The van der Waals surface area contributed by atoms with Gasteiger partial charge in [-0.15, -0.1) is 0 Å². The molecule has 8 nitrogen and oxygen atoms in total. The molecule has 0 amide bonds. The number of anilines is 3.